The Kier molecular flexibility index (Phi) is 5.22. The van der Waals surface area contributed by atoms with Gasteiger partial charge in [-0.2, -0.15) is 5.26 Å². The maximum absolute atomic E-state index is 9.53. The molecule has 0 saturated heterocycles. The molecule has 2 rings (SSSR count). The van der Waals surface area contributed by atoms with E-state index < -0.39 is 0 Å². The number of nitrogens with zero attached hydrogens (tertiary/aromatic N) is 1. The Bertz CT molecular complexity index is 674. The van der Waals surface area contributed by atoms with Crippen molar-refractivity contribution in [3.8, 4) is 11.8 Å². The Morgan fingerprint density at radius 1 is 1.00 bits per heavy atom. The molecule has 0 spiro atoms. The van der Waals surface area contributed by atoms with Gasteiger partial charge in [-0.05, 0) is 62.1 Å². The van der Waals surface area contributed by atoms with Crippen molar-refractivity contribution in [2.45, 2.75) is 40.0 Å². The van der Waals surface area contributed by atoms with Crippen molar-refractivity contribution in [1.82, 2.24) is 0 Å². The van der Waals surface area contributed by atoms with Gasteiger partial charge in [0.1, 0.15) is 5.75 Å². The molecular weight excluding hydrogens is 270 g/mol. The number of aryl methyl sites for hydroxylation is 4. The fourth-order valence-electron chi connectivity index (χ4n) is 3.01. The zero-order chi connectivity index (χ0) is 16.1. The highest BCUT2D eigenvalue weighted by molar-refractivity contribution is 5.42. The summed E-state index contributed by atoms with van der Waals surface area (Å²) < 4.78 is 5.79. The molecule has 0 N–H and O–H groups in total. The van der Waals surface area contributed by atoms with Crippen LogP contribution in [0, 0.1) is 39.0 Å². The summed E-state index contributed by atoms with van der Waals surface area (Å²) in [6.07, 6.45) is 0.704. The highest BCUT2D eigenvalue weighted by Gasteiger charge is 2.16. The lowest BCUT2D eigenvalue weighted by Gasteiger charge is -2.17. The predicted molar refractivity (Wildman–Crippen MR) is 90.3 cm³/mol. The first-order chi connectivity index (χ1) is 10.5. The number of nitriles is 1. The zero-order valence-corrected chi connectivity index (χ0v) is 13.8. The quantitative estimate of drug-likeness (QED) is 0.777. The van der Waals surface area contributed by atoms with Gasteiger partial charge in [0.2, 0.25) is 0 Å². The molecule has 0 fully saturated rings. The molecule has 0 heterocycles. The fraction of sp³-hybridized carbons (Fsp3) is 0.350. The lowest BCUT2D eigenvalue weighted by molar-refractivity contribution is 0.305. The van der Waals surface area contributed by atoms with E-state index in [0.29, 0.717) is 13.0 Å². The van der Waals surface area contributed by atoms with Gasteiger partial charge >= 0.3 is 0 Å². The maximum atomic E-state index is 9.53. The molecule has 0 bridgehead atoms. The second-order valence-electron chi connectivity index (χ2n) is 5.95. The van der Waals surface area contributed by atoms with E-state index in [1.165, 1.54) is 22.3 Å². The molecule has 114 valence electrons. The average molecular weight is 293 g/mol. The van der Waals surface area contributed by atoms with Gasteiger partial charge in [-0.1, -0.05) is 29.8 Å². The lowest BCUT2D eigenvalue weighted by atomic mass is 9.88. The van der Waals surface area contributed by atoms with Crippen LogP contribution in [0.4, 0.5) is 0 Å². The van der Waals surface area contributed by atoms with E-state index in [4.69, 9.17) is 4.74 Å². The third kappa shape index (κ3) is 3.89. The summed E-state index contributed by atoms with van der Waals surface area (Å²) in [6.45, 7) is 8.85. The van der Waals surface area contributed by atoms with E-state index in [1.807, 2.05) is 31.2 Å². The number of hydrogen-bond donors (Lipinski definition) is 0. The summed E-state index contributed by atoms with van der Waals surface area (Å²) in [6, 6.07) is 14.7. The molecule has 0 aliphatic heterocycles. The minimum Gasteiger partial charge on any atom is -0.494 e. The minimum absolute atomic E-state index is 0.120. The van der Waals surface area contributed by atoms with Gasteiger partial charge in [-0.25, -0.2) is 0 Å². The normalized spacial score (nSPS) is 11.8. The monoisotopic (exact) mass is 293 g/mol. The van der Waals surface area contributed by atoms with Gasteiger partial charge in [-0.15, -0.1) is 0 Å². The largest absolute Gasteiger partial charge is 0.494 e. The summed E-state index contributed by atoms with van der Waals surface area (Å²) in [4.78, 5) is 0. The topological polar surface area (TPSA) is 33.0 Å². The molecule has 2 aromatic rings. The Hall–Kier alpha value is -2.27. The summed E-state index contributed by atoms with van der Waals surface area (Å²) in [5.74, 6) is 0.749. The second-order valence-corrected chi connectivity index (χ2v) is 5.95. The van der Waals surface area contributed by atoms with Crippen LogP contribution in [0.2, 0.25) is 0 Å². The van der Waals surface area contributed by atoms with Gasteiger partial charge in [-0.3, -0.25) is 0 Å². The summed E-state index contributed by atoms with van der Waals surface area (Å²) in [7, 11) is 0. The van der Waals surface area contributed by atoms with Crippen LogP contribution in [0.5, 0.6) is 5.75 Å². The van der Waals surface area contributed by atoms with E-state index in [1.54, 1.807) is 0 Å². The molecular formula is C20H23NO. The third-order valence-electron chi connectivity index (χ3n) is 3.91. The average Bonchev–Trinajstić information content (AvgIpc) is 2.44. The fourth-order valence-corrected chi connectivity index (χ4v) is 3.01. The van der Waals surface area contributed by atoms with Crippen molar-refractivity contribution >= 4 is 0 Å². The van der Waals surface area contributed by atoms with Crippen molar-refractivity contribution < 1.29 is 4.74 Å². The van der Waals surface area contributed by atoms with Crippen molar-refractivity contribution in [3.05, 3.63) is 64.2 Å². The van der Waals surface area contributed by atoms with Crippen LogP contribution in [0.15, 0.2) is 36.4 Å². The number of benzene rings is 2. The molecule has 2 aromatic carbocycles. The first-order valence-electron chi connectivity index (χ1n) is 7.68. The molecule has 0 amide bonds. The lowest BCUT2D eigenvalue weighted by Crippen LogP contribution is -2.08. The van der Waals surface area contributed by atoms with Gasteiger partial charge in [0, 0.05) is 6.42 Å². The van der Waals surface area contributed by atoms with E-state index in [-0.39, 0.29) is 5.92 Å². The Labute approximate surface area is 133 Å². The third-order valence-corrected chi connectivity index (χ3v) is 3.91. The van der Waals surface area contributed by atoms with Gasteiger partial charge in [0.15, 0.2) is 0 Å². The van der Waals surface area contributed by atoms with E-state index >= 15 is 0 Å². The second kappa shape index (κ2) is 7.13. The first-order valence-corrected chi connectivity index (χ1v) is 7.68. The van der Waals surface area contributed by atoms with Gasteiger partial charge < -0.3 is 4.74 Å². The Morgan fingerprint density at radius 3 is 2.27 bits per heavy atom. The molecule has 2 heteroatoms. The van der Waals surface area contributed by atoms with Crippen molar-refractivity contribution in [2.75, 3.05) is 6.61 Å². The summed E-state index contributed by atoms with van der Waals surface area (Å²) in [5.41, 5.74) is 5.96. The van der Waals surface area contributed by atoms with E-state index in [2.05, 4.69) is 39.0 Å². The molecule has 2 nitrogen and oxygen atoms in total. The van der Waals surface area contributed by atoms with Crippen molar-refractivity contribution in [2.24, 2.45) is 0 Å². The van der Waals surface area contributed by atoms with Crippen LogP contribution in [-0.4, -0.2) is 6.61 Å². The predicted octanol–water partition coefficient (Wildman–Crippen LogP) is 5.00. The van der Waals surface area contributed by atoms with Gasteiger partial charge in [0.25, 0.3) is 0 Å². The van der Waals surface area contributed by atoms with Crippen LogP contribution >= 0.6 is 0 Å². The molecule has 0 aromatic heterocycles. The molecule has 0 aliphatic rings. The molecule has 22 heavy (non-hydrogen) atoms. The van der Waals surface area contributed by atoms with Crippen molar-refractivity contribution in [1.29, 1.82) is 5.26 Å². The maximum Gasteiger partial charge on any atom is 0.119 e. The standard InChI is InChI=1S/C20H23NO/c1-14-6-5-7-19(12-14)22-9-8-18(13-21)20-16(3)10-15(2)11-17(20)4/h5-7,10-12,18H,8-9H2,1-4H3. The van der Waals surface area contributed by atoms with E-state index in [0.717, 1.165) is 11.3 Å². The smallest absolute Gasteiger partial charge is 0.119 e. The number of hydrogen-bond acceptors (Lipinski definition) is 2. The molecule has 1 unspecified atom stereocenters. The highest BCUT2D eigenvalue weighted by atomic mass is 16.5. The molecule has 1 atom stereocenters. The molecule has 0 aliphatic carbocycles. The van der Waals surface area contributed by atoms with Crippen LogP contribution < -0.4 is 4.74 Å². The molecule has 0 saturated carbocycles. The van der Waals surface area contributed by atoms with Crippen LogP contribution in [-0.2, 0) is 0 Å². The number of ether oxygens (including phenoxy) is 1. The van der Waals surface area contributed by atoms with Crippen LogP contribution in [0.25, 0.3) is 0 Å². The highest BCUT2D eigenvalue weighted by Crippen LogP contribution is 2.27. The summed E-state index contributed by atoms with van der Waals surface area (Å²) >= 11 is 0. The van der Waals surface area contributed by atoms with Crippen LogP contribution in [0.3, 0.4) is 0 Å². The molecule has 0 radical (unpaired) electrons. The summed E-state index contributed by atoms with van der Waals surface area (Å²) in [5, 5.41) is 9.53. The van der Waals surface area contributed by atoms with E-state index in [9.17, 15) is 5.26 Å². The van der Waals surface area contributed by atoms with Gasteiger partial charge in [0.05, 0.1) is 18.6 Å². The number of rotatable bonds is 5. The van der Waals surface area contributed by atoms with Crippen LogP contribution in [0.1, 0.15) is 40.2 Å². The zero-order valence-electron chi connectivity index (χ0n) is 13.8. The Morgan fingerprint density at radius 2 is 1.68 bits per heavy atom. The first kappa shape index (κ1) is 16.1. The SMILES string of the molecule is Cc1cccc(OCCC(C#N)c2c(C)cc(C)cc2C)c1. The Balaban J connectivity index is 2.06. The minimum atomic E-state index is -0.120. The van der Waals surface area contributed by atoms with Crippen molar-refractivity contribution in [3.63, 3.8) is 0 Å².